The predicted molar refractivity (Wildman–Crippen MR) is 94.5 cm³/mol. The molecule has 23 heavy (non-hydrogen) atoms. The number of benzene rings is 1. The molecule has 4 nitrogen and oxygen atoms in total. The molecule has 0 atom stereocenters. The topological polar surface area (TPSA) is 47.8 Å². The summed E-state index contributed by atoms with van der Waals surface area (Å²) in [6.45, 7) is 2.25. The molecule has 2 aromatic rings. The van der Waals surface area contributed by atoms with Gasteiger partial charge in [0.05, 0.1) is 5.52 Å². The summed E-state index contributed by atoms with van der Waals surface area (Å²) in [5.74, 6) is -0.127. The third-order valence-corrected chi connectivity index (χ3v) is 4.05. The highest BCUT2D eigenvalue weighted by Gasteiger charge is 2.07. The molecular formula is C19H27N3O. The Balaban J connectivity index is 1.65. The van der Waals surface area contributed by atoms with Crippen LogP contribution in [0, 0.1) is 0 Å². The van der Waals surface area contributed by atoms with E-state index in [9.17, 15) is 4.79 Å². The number of para-hydroxylation sites is 1. The number of hydrogen-bond donors (Lipinski definition) is 0. The Hall–Kier alpha value is -1.97. The van der Waals surface area contributed by atoms with Crippen LogP contribution in [0.4, 0.5) is 0 Å². The van der Waals surface area contributed by atoms with Gasteiger partial charge in [-0.2, -0.15) is 4.68 Å². The minimum atomic E-state index is -0.127. The highest BCUT2D eigenvalue weighted by molar-refractivity contribution is 5.95. The predicted octanol–water partition coefficient (Wildman–Crippen LogP) is 5.16. The zero-order valence-corrected chi connectivity index (χ0v) is 14.1. The van der Waals surface area contributed by atoms with Crippen molar-refractivity contribution in [1.82, 2.24) is 15.0 Å². The molecule has 0 aliphatic rings. The quantitative estimate of drug-likeness (QED) is 0.449. The van der Waals surface area contributed by atoms with Crippen LogP contribution >= 0.6 is 0 Å². The summed E-state index contributed by atoms with van der Waals surface area (Å²) in [6, 6.07) is 7.50. The van der Waals surface area contributed by atoms with E-state index < -0.39 is 0 Å². The lowest BCUT2D eigenvalue weighted by Crippen LogP contribution is -2.08. The lowest BCUT2D eigenvalue weighted by molar-refractivity contribution is 0.0957. The lowest BCUT2D eigenvalue weighted by atomic mass is 10.1. The van der Waals surface area contributed by atoms with Crippen LogP contribution in [0.15, 0.2) is 36.4 Å². The fourth-order valence-electron chi connectivity index (χ4n) is 2.68. The minimum absolute atomic E-state index is 0.127. The minimum Gasteiger partial charge on any atom is -0.267 e. The molecule has 1 aromatic heterocycles. The number of allylic oxidation sites excluding steroid dienone is 2. The Morgan fingerprint density at radius 3 is 2.52 bits per heavy atom. The maximum absolute atomic E-state index is 12.1. The Morgan fingerprint density at radius 1 is 1.04 bits per heavy atom. The molecule has 0 saturated heterocycles. The van der Waals surface area contributed by atoms with Gasteiger partial charge in [-0.15, -0.1) is 5.10 Å². The van der Waals surface area contributed by atoms with Crippen LogP contribution in [-0.2, 0) is 0 Å². The van der Waals surface area contributed by atoms with Gasteiger partial charge in [0.2, 0.25) is 0 Å². The smallest absolute Gasteiger partial charge is 0.267 e. The number of aromatic nitrogens is 3. The molecule has 2 rings (SSSR count). The highest BCUT2D eigenvalue weighted by Crippen LogP contribution is 2.11. The van der Waals surface area contributed by atoms with E-state index in [0.717, 1.165) is 23.9 Å². The largest absolute Gasteiger partial charge is 0.272 e. The first-order chi connectivity index (χ1) is 11.3. The Bertz CT molecular complexity index is 630. The first-order valence-corrected chi connectivity index (χ1v) is 8.84. The Labute approximate surface area is 138 Å². The Morgan fingerprint density at radius 2 is 1.74 bits per heavy atom. The SMILES string of the molecule is CCCCCCCCCC/C=C/C(=O)n1nnc2ccccc21. The van der Waals surface area contributed by atoms with Crippen molar-refractivity contribution in [3.8, 4) is 0 Å². The van der Waals surface area contributed by atoms with Gasteiger partial charge in [0, 0.05) is 6.08 Å². The van der Waals surface area contributed by atoms with Gasteiger partial charge in [-0.05, 0) is 25.0 Å². The van der Waals surface area contributed by atoms with Gasteiger partial charge >= 0.3 is 0 Å². The fraction of sp³-hybridized carbons (Fsp3) is 0.526. The Kier molecular flexibility index (Phi) is 7.50. The summed E-state index contributed by atoms with van der Waals surface area (Å²) in [4.78, 5) is 12.1. The van der Waals surface area contributed by atoms with Gasteiger partial charge in [-0.1, -0.05) is 75.3 Å². The number of unbranched alkanes of at least 4 members (excludes halogenated alkanes) is 8. The summed E-state index contributed by atoms with van der Waals surface area (Å²) in [7, 11) is 0. The molecule has 0 radical (unpaired) electrons. The van der Waals surface area contributed by atoms with Crippen molar-refractivity contribution in [2.45, 2.75) is 64.7 Å². The van der Waals surface area contributed by atoms with Crippen LogP contribution in [0.1, 0.15) is 69.5 Å². The first-order valence-electron chi connectivity index (χ1n) is 8.84. The molecule has 0 bridgehead atoms. The third kappa shape index (κ3) is 5.62. The standard InChI is InChI=1S/C19H27N3O/c1-2-3-4-5-6-7-8-9-10-11-16-19(23)22-18-15-13-12-14-17(18)20-21-22/h11-16H,2-10H2,1H3/b16-11+. The van der Waals surface area contributed by atoms with Gasteiger partial charge in [0.25, 0.3) is 5.91 Å². The molecule has 0 fully saturated rings. The van der Waals surface area contributed by atoms with Gasteiger partial charge < -0.3 is 0 Å². The van der Waals surface area contributed by atoms with Crippen LogP contribution in [-0.4, -0.2) is 20.9 Å². The first kappa shape index (κ1) is 17.4. The number of carbonyl (C=O) groups excluding carboxylic acids is 1. The molecule has 0 saturated carbocycles. The molecule has 1 heterocycles. The van der Waals surface area contributed by atoms with Crippen molar-refractivity contribution in [2.24, 2.45) is 0 Å². The number of rotatable bonds is 10. The van der Waals surface area contributed by atoms with E-state index in [1.807, 2.05) is 30.3 Å². The second-order valence-corrected chi connectivity index (χ2v) is 5.99. The second kappa shape index (κ2) is 9.93. The zero-order valence-electron chi connectivity index (χ0n) is 14.1. The van der Waals surface area contributed by atoms with Crippen LogP contribution in [0.2, 0.25) is 0 Å². The molecule has 4 heteroatoms. The second-order valence-electron chi connectivity index (χ2n) is 5.99. The van der Waals surface area contributed by atoms with E-state index in [-0.39, 0.29) is 5.91 Å². The molecule has 0 spiro atoms. The molecule has 0 aliphatic heterocycles. The fourth-order valence-corrected chi connectivity index (χ4v) is 2.68. The van der Waals surface area contributed by atoms with Crippen molar-refractivity contribution < 1.29 is 4.79 Å². The molecule has 0 unspecified atom stereocenters. The van der Waals surface area contributed by atoms with Gasteiger partial charge in [-0.25, -0.2) is 0 Å². The molecule has 0 amide bonds. The normalized spacial score (nSPS) is 11.5. The van der Waals surface area contributed by atoms with Gasteiger partial charge in [0.15, 0.2) is 0 Å². The van der Waals surface area contributed by atoms with E-state index in [2.05, 4.69) is 17.2 Å². The number of hydrogen-bond acceptors (Lipinski definition) is 3. The molecular weight excluding hydrogens is 286 g/mol. The van der Waals surface area contributed by atoms with E-state index in [4.69, 9.17) is 0 Å². The lowest BCUT2D eigenvalue weighted by Gasteiger charge is -2.00. The van der Waals surface area contributed by atoms with Crippen LogP contribution < -0.4 is 0 Å². The van der Waals surface area contributed by atoms with Crippen molar-refractivity contribution in [2.75, 3.05) is 0 Å². The van der Waals surface area contributed by atoms with Gasteiger partial charge in [0.1, 0.15) is 5.52 Å². The van der Waals surface area contributed by atoms with E-state index in [0.29, 0.717) is 0 Å². The number of carbonyl (C=O) groups is 1. The van der Waals surface area contributed by atoms with Crippen molar-refractivity contribution in [3.05, 3.63) is 36.4 Å². The van der Waals surface area contributed by atoms with E-state index in [1.54, 1.807) is 6.08 Å². The monoisotopic (exact) mass is 313 g/mol. The van der Waals surface area contributed by atoms with Gasteiger partial charge in [-0.3, -0.25) is 4.79 Å². The summed E-state index contributed by atoms with van der Waals surface area (Å²) < 4.78 is 1.36. The summed E-state index contributed by atoms with van der Waals surface area (Å²) in [5.41, 5.74) is 1.51. The average molecular weight is 313 g/mol. The summed E-state index contributed by atoms with van der Waals surface area (Å²) in [6.07, 6.45) is 15.0. The summed E-state index contributed by atoms with van der Waals surface area (Å²) >= 11 is 0. The molecule has 0 aliphatic carbocycles. The van der Waals surface area contributed by atoms with Crippen molar-refractivity contribution in [3.63, 3.8) is 0 Å². The van der Waals surface area contributed by atoms with Crippen LogP contribution in [0.5, 0.6) is 0 Å². The summed E-state index contributed by atoms with van der Waals surface area (Å²) in [5, 5.41) is 7.92. The maximum atomic E-state index is 12.1. The van der Waals surface area contributed by atoms with Crippen molar-refractivity contribution >= 4 is 16.9 Å². The van der Waals surface area contributed by atoms with Crippen LogP contribution in [0.25, 0.3) is 11.0 Å². The zero-order chi connectivity index (χ0) is 16.3. The molecule has 124 valence electrons. The average Bonchev–Trinajstić information content (AvgIpc) is 3.00. The number of nitrogens with zero attached hydrogens (tertiary/aromatic N) is 3. The number of fused-ring (bicyclic) bond motifs is 1. The molecule has 1 aromatic carbocycles. The van der Waals surface area contributed by atoms with Crippen molar-refractivity contribution in [1.29, 1.82) is 0 Å². The molecule has 0 N–H and O–H groups in total. The third-order valence-electron chi connectivity index (χ3n) is 4.05. The highest BCUT2D eigenvalue weighted by atomic mass is 16.2. The van der Waals surface area contributed by atoms with Crippen LogP contribution in [0.3, 0.4) is 0 Å². The maximum Gasteiger partial charge on any atom is 0.272 e. The van der Waals surface area contributed by atoms with E-state index >= 15 is 0 Å². The van der Waals surface area contributed by atoms with E-state index in [1.165, 1.54) is 49.6 Å².